The Hall–Kier alpha value is -2.86. The second-order valence-corrected chi connectivity index (χ2v) is 11.0. The number of benzene rings is 2. The Morgan fingerprint density at radius 3 is 1.90 bits per heavy atom. The fourth-order valence-corrected chi connectivity index (χ4v) is 5.96. The van der Waals surface area contributed by atoms with Crippen molar-refractivity contribution in [1.82, 2.24) is 14.7 Å². The highest BCUT2D eigenvalue weighted by atomic mass is 35.5. The average molecular weight is 612 g/mol. The van der Waals surface area contributed by atoms with Gasteiger partial charge in [0.25, 0.3) is 0 Å². The molecular formula is C26H25Cl2F6N3O3. The molecule has 0 radical (unpaired) electrons. The van der Waals surface area contributed by atoms with Crippen LogP contribution in [0.1, 0.15) is 47.4 Å². The molecule has 2 aromatic rings. The van der Waals surface area contributed by atoms with Gasteiger partial charge >= 0.3 is 24.5 Å². The van der Waals surface area contributed by atoms with E-state index in [1.54, 1.807) is 12.1 Å². The standard InChI is InChI=1S/C26H25Cl2F6N3O3/c1-35(21-3-6-37(23(39)40)13-20(21)14-7-18(27)12-19(28)8-14)22(38)36(2)24(4-5-24)15-9-16(25(29,30)31)11-17(10-15)26(32,33)34/h7-12,20-21H,3-6,13H2,1-2H3,(H,39,40)/t20-,21+/m0/s1. The lowest BCUT2D eigenvalue weighted by atomic mass is 9.85. The number of alkyl halides is 6. The van der Waals surface area contributed by atoms with Crippen LogP contribution in [0.3, 0.4) is 0 Å². The van der Waals surface area contributed by atoms with E-state index in [1.807, 2.05) is 0 Å². The molecule has 3 amide bonds. The Balaban J connectivity index is 1.67. The van der Waals surface area contributed by atoms with Gasteiger partial charge in [-0.1, -0.05) is 23.2 Å². The number of carboxylic acid groups (broad SMARTS) is 1. The van der Waals surface area contributed by atoms with Crippen LogP contribution in [0.2, 0.25) is 10.0 Å². The maximum Gasteiger partial charge on any atom is 0.416 e. The van der Waals surface area contributed by atoms with E-state index in [2.05, 4.69) is 0 Å². The summed E-state index contributed by atoms with van der Waals surface area (Å²) in [5.74, 6) is -0.552. The van der Waals surface area contributed by atoms with Crippen LogP contribution in [0.5, 0.6) is 0 Å². The second kappa shape index (κ2) is 10.5. The van der Waals surface area contributed by atoms with Gasteiger partial charge in [-0.15, -0.1) is 0 Å². The molecule has 218 valence electrons. The van der Waals surface area contributed by atoms with Crippen molar-refractivity contribution in [3.05, 3.63) is 68.7 Å². The summed E-state index contributed by atoms with van der Waals surface area (Å²) in [6.07, 6.45) is -10.6. The molecule has 2 atom stereocenters. The van der Waals surface area contributed by atoms with Crippen LogP contribution in [0.4, 0.5) is 35.9 Å². The van der Waals surface area contributed by atoms with E-state index in [9.17, 15) is 41.0 Å². The summed E-state index contributed by atoms with van der Waals surface area (Å²) in [6.45, 7) is 0.131. The normalized spacial score (nSPS) is 20.7. The largest absolute Gasteiger partial charge is 0.465 e. The zero-order chi connectivity index (χ0) is 29.8. The Bertz CT molecular complexity index is 1260. The maximum atomic E-state index is 13.7. The number of hydrogen-bond donors (Lipinski definition) is 1. The van der Waals surface area contributed by atoms with Crippen LogP contribution in [0.15, 0.2) is 36.4 Å². The molecule has 1 saturated carbocycles. The minimum absolute atomic E-state index is 0.0196. The van der Waals surface area contributed by atoms with Gasteiger partial charge in [-0.25, -0.2) is 9.59 Å². The lowest BCUT2D eigenvalue weighted by molar-refractivity contribution is -0.143. The summed E-state index contributed by atoms with van der Waals surface area (Å²) >= 11 is 12.3. The van der Waals surface area contributed by atoms with Crippen molar-refractivity contribution in [3.8, 4) is 0 Å². The fraction of sp³-hybridized carbons (Fsp3) is 0.462. The fourth-order valence-electron chi connectivity index (χ4n) is 5.42. The lowest BCUT2D eigenvalue weighted by Gasteiger charge is -2.44. The first kappa shape index (κ1) is 30.1. The van der Waals surface area contributed by atoms with Gasteiger partial charge in [0.05, 0.1) is 16.7 Å². The van der Waals surface area contributed by atoms with Gasteiger partial charge in [0, 0.05) is 49.2 Å². The van der Waals surface area contributed by atoms with Crippen LogP contribution < -0.4 is 0 Å². The molecule has 4 rings (SSSR count). The summed E-state index contributed by atoms with van der Waals surface area (Å²) in [4.78, 5) is 29.1. The van der Waals surface area contributed by atoms with Crippen LogP contribution in [-0.2, 0) is 17.9 Å². The number of likely N-dealkylation sites (tertiary alicyclic amines) is 1. The van der Waals surface area contributed by atoms with Crippen molar-refractivity contribution in [1.29, 1.82) is 0 Å². The Morgan fingerprint density at radius 1 is 0.925 bits per heavy atom. The number of rotatable bonds is 4. The van der Waals surface area contributed by atoms with Crippen molar-refractivity contribution in [2.45, 2.75) is 49.1 Å². The number of hydrogen-bond acceptors (Lipinski definition) is 2. The number of piperidine rings is 1. The van der Waals surface area contributed by atoms with Crippen LogP contribution >= 0.6 is 23.2 Å². The first-order valence-electron chi connectivity index (χ1n) is 12.2. The summed E-state index contributed by atoms with van der Waals surface area (Å²) in [5.41, 5.74) is -3.92. The van der Waals surface area contributed by atoms with Gasteiger partial charge in [-0.2, -0.15) is 26.3 Å². The van der Waals surface area contributed by atoms with Gasteiger partial charge < -0.3 is 19.8 Å². The summed E-state index contributed by atoms with van der Waals surface area (Å²) in [7, 11) is 2.82. The molecular weight excluding hydrogens is 587 g/mol. The van der Waals surface area contributed by atoms with E-state index in [-0.39, 0.29) is 44.0 Å². The van der Waals surface area contributed by atoms with E-state index in [1.165, 1.54) is 34.9 Å². The van der Waals surface area contributed by atoms with Gasteiger partial charge in [-0.05, 0) is 66.8 Å². The number of halogens is 8. The first-order chi connectivity index (χ1) is 18.4. The highest BCUT2D eigenvalue weighted by Gasteiger charge is 2.53. The topological polar surface area (TPSA) is 64.1 Å². The number of carbonyl (C=O) groups excluding carboxylic acids is 1. The maximum absolute atomic E-state index is 13.7. The van der Waals surface area contributed by atoms with Crippen LogP contribution in [0, 0.1) is 0 Å². The van der Waals surface area contributed by atoms with E-state index >= 15 is 0 Å². The molecule has 0 aromatic heterocycles. The molecule has 40 heavy (non-hydrogen) atoms. The molecule has 2 aromatic carbocycles. The number of urea groups is 1. The molecule has 2 fully saturated rings. The zero-order valence-corrected chi connectivity index (χ0v) is 22.8. The average Bonchev–Trinajstić information content (AvgIpc) is 3.67. The van der Waals surface area contributed by atoms with Crippen molar-refractivity contribution < 1.29 is 41.0 Å². The first-order valence-corrected chi connectivity index (χ1v) is 12.9. The van der Waals surface area contributed by atoms with E-state index < -0.39 is 53.1 Å². The molecule has 1 aliphatic carbocycles. The minimum Gasteiger partial charge on any atom is -0.465 e. The summed E-state index contributed by atoms with van der Waals surface area (Å²) < 4.78 is 81.0. The summed E-state index contributed by atoms with van der Waals surface area (Å²) in [6, 6.07) is 4.92. The molecule has 1 aliphatic heterocycles. The number of amides is 3. The Kier molecular flexibility index (Phi) is 7.92. The van der Waals surface area contributed by atoms with Crippen LogP contribution in [-0.4, -0.2) is 65.2 Å². The molecule has 2 aliphatic rings. The van der Waals surface area contributed by atoms with Gasteiger partial charge in [-0.3, -0.25) is 0 Å². The highest BCUT2D eigenvalue weighted by Crippen LogP contribution is 2.53. The van der Waals surface area contributed by atoms with E-state index in [4.69, 9.17) is 23.2 Å². The Labute approximate surface area is 236 Å². The Morgan fingerprint density at radius 2 is 1.45 bits per heavy atom. The second-order valence-electron chi connectivity index (χ2n) is 10.2. The highest BCUT2D eigenvalue weighted by molar-refractivity contribution is 6.34. The van der Waals surface area contributed by atoms with Crippen LogP contribution in [0.25, 0.3) is 0 Å². The smallest absolute Gasteiger partial charge is 0.416 e. The molecule has 0 spiro atoms. The molecule has 6 nitrogen and oxygen atoms in total. The van der Waals surface area contributed by atoms with Crippen molar-refractivity contribution >= 4 is 35.3 Å². The van der Waals surface area contributed by atoms with Crippen molar-refractivity contribution in [2.24, 2.45) is 0 Å². The third-order valence-corrected chi connectivity index (χ3v) is 8.17. The van der Waals surface area contributed by atoms with Crippen molar-refractivity contribution in [2.75, 3.05) is 27.2 Å². The quantitative estimate of drug-likeness (QED) is 0.363. The van der Waals surface area contributed by atoms with Gasteiger partial charge in [0.15, 0.2) is 0 Å². The predicted molar refractivity (Wildman–Crippen MR) is 135 cm³/mol. The lowest BCUT2D eigenvalue weighted by Crippen LogP contribution is -2.55. The number of likely N-dealkylation sites (N-methyl/N-ethyl adjacent to an activating group) is 1. The number of nitrogens with zero attached hydrogens (tertiary/aromatic N) is 3. The molecule has 1 saturated heterocycles. The monoisotopic (exact) mass is 611 g/mol. The number of carbonyl (C=O) groups is 2. The molecule has 0 unspecified atom stereocenters. The summed E-state index contributed by atoms with van der Waals surface area (Å²) in [5, 5.41) is 10.2. The van der Waals surface area contributed by atoms with Crippen molar-refractivity contribution in [3.63, 3.8) is 0 Å². The SMILES string of the molecule is CN(C(=O)N(C)C1(c2cc(C(F)(F)F)cc(C(F)(F)F)c2)CC1)[C@@H]1CCN(C(=O)O)C[C@H]1c1cc(Cl)cc(Cl)c1. The third-order valence-electron chi connectivity index (χ3n) is 7.74. The molecule has 14 heteroatoms. The van der Waals surface area contributed by atoms with E-state index in [0.29, 0.717) is 27.7 Å². The van der Waals surface area contributed by atoms with E-state index in [0.717, 1.165) is 0 Å². The minimum atomic E-state index is -5.02. The zero-order valence-electron chi connectivity index (χ0n) is 21.3. The molecule has 1 N–H and O–H groups in total. The third kappa shape index (κ3) is 5.93. The predicted octanol–water partition coefficient (Wildman–Crippen LogP) is 7.54. The van der Waals surface area contributed by atoms with Gasteiger partial charge in [0.1, 0.15) is 0 Å². The van der Waals surface area contributed by atoms with Gasteiger partial charge in [0.2, 0.25) is 0 Å². The molecule has 1 heterocycles. The molecule has 0 bridgehead atoms.